The second-order valence-corrected chi connectivity index (χ2v) is 4.87. The molecule has 0 amide bonds. The number of aryl methyl sites for hydroxylation is 1. The average molecular weight is 287 g/mol. The van der Waals surface area contributed by atoms with E-state index in [0.29, 0.717) is 10.8 Å². The molecule has 0 aromatic heterocycles. The van der Waals surface area contributed by atoms with Crippen LogP contribution in [0.2, 0.25) is 5.02 Å². The molecule has 1 atom stereocenters. The maximum atomic E-state index is 9.33. The van der Waals surface area contributed by atoms with Gasteiger partial charge in [0.25, 0.3) is 0 Å². The Hall–Kier alpha value is -2.18. The maximum absolute atomic E-state index is 9.33. The zero-order valence-corrected chi connectivity index (χ0v) is 12.1. The predicted octanol–water partition coefficient (Wildman–Crippen LogP) is 4.33. The summed E-state index contributed by atoms with van der Waals surface area (Å²) in [6.45, 7) is 2.02. The van der Waals surface area contributed by atoms with Gasteiger partial charge in [0.05, 0.1) is 18.2 Å². The number of rotatable bonds is 4. The number of anilines is 1. The van der Waals surface area contributed by atoms with Crippen LogP contribution < -0.4 is 10.1 Å². The lowest BCUT2D eigenvalue weighted by atomic mass is 10.1. The topological polar surface area (TPSA) is 45.0 Å². The quantitative estimate of drug-likeness (QED) is 0.909. The molecule has 2 aromatic rings. The van der Waals surface area contributed by atoms with Crippen molar-refractivity contribution in [2.75, 3.05) is 12.4 Å². The van der Waals surface area contributed by atoms with Crippen molar-refractivity contribution in [3.63, 3.8) is 0 Å². The number of hydrogen-bond acceptors (Lipinski definition) is 3. The van der Waals surface area contributed by atoms with E-state index in [4.69, 9.17) is 16.3 Å². The normalized spacial score (nSPS) is 11.5. The van der Waals surface area contributed by atoms with E-state index in [1.54, 1.807) is 19.2 Å². The summed E-state index contributed by atoms with van der Waals surface area (Å²) in [5.41, 5.74) is 2.88. The van der Waals surface area contributed by atoms with Crippen molar-refractivity contribution in [3.05, 3.63) is 58.6 Å². The molecule has 0 aliphatic carbocycles. The first-order valence-corrected chi connectivity index (χ1v) is 6.58. The summed E-state index contributed by atoms with van der Waals surface area (Å²) in [5, 5.41) is 13.0. The first-order chi connectivity index (χ1) is 9.63. The highest BCUT2D eigenvalue weighted by Gasteiger charge is 2.12. The standard InChI is InChI=1S/C16H15ClN2O/c1-11-3-6-13(7-4-11)19-15(10-18)12-5-8-16(20-2)14(17)9-12/h3-9,15,19H,1-2H3. The summed E-state index contributed by atoms with van der Waals surface area (Å²) >= 11 is 6.09. The van der Waals surface area contributed by atoms with Crippen LogP contribution in [0.5, 0.6) is 5.75 Å². The van der Waals surface area contributed by atoms with E-state index in [1.165, 1.54) is 5.56 Å². The van der Waals surface area contributed by atoms with Crippen LogP contribution in [0.1, 0.15) is 17.2 Å². The highest BCUT2D eigenvalue weighted by molar-refractivity contribution is 6.32. The van der Waals surface area contributed by atoms with Gasteiger partial charge in [0.15, 0.2) is 0 Å². The number of nitrogens with one attached hydrogen (secondary N) is 1. The molecule has 20 heavy (non-hydrogen) atoms. The van der Waals surface area contributed by atoms with Crippen molar-refractivity contribution < 1.29 is 4.74 Å². The van der Waals surface area contributed by atoms with E-state index in [0.717, 1.165) is 11.3 Å². The molecule has 1 unspecified atom stereocenters. The van der Waals surface area contributed by atoms with Gasteiger partial charge in [-0.05, 0) is 36.8 Å². The summed E-state index contributed by atoms with van der Waals surface area (Å²) in [6, 6.07) is 15.0. The van der Waals surface area contributed by atoms with E-state index in [-0.39, 0.29) is 0 Å². The third-order valence-corrected chi connectivity index (χ3v) is 3.30. The van der Waals surface area contributed by atoms with Gasteiger partial charge in [0.1, 0.15) is 11.8 Å². The molecule has 0 radical (unpaired) electrons. The molecule has 2 rings (SSSR count). The second-order valence-electron chi connectivity index (χ2n) is 4.47. The van der Waals surface area contributed by atoms with Gasteiger partial charge in [0, 0.05) is 5.69 Å². The van der Waals surface area contributed by atoms with E-state index < -0.39 is 6.04 Å². The molecule has 0 heterocycles. The Morgan fingerprint density at radius 1 is 1.20 bits per heavy atom. The molecule has 0 aliphatic rings. The number of halogens is 1. The van der Waals surface area contributed by atoms with Crippen LogP contribution in [-0.4, -0.2) is 7.11 Å². The number of methoxy groups -OCH3 is 1. The molecule has 0 aliphatic heterocycles. The first-order valence-electron chi connectivity index (χ1n) is 6.20. The third kappa shape index (κ3) is 3.23. The Morgan fingerprint density at radius 3 is 2.45 bits per heavy atom. The van der Waals surface area contributed by atoms with Crippen molar-refractivity contribution in [3.8, 4) is 11.8 Å². The molecule has 0 saturated carbocycles. The van der Waals surface area contributed by atoms with Gasteiger partial charge in [0.2, 0.25) is 0 Å². The molecule has 0 saturated heterocycles. The lowest BCUT2D eigenvalue weighted by Crippen LogP contribution is -2.08. The SMILES string of the molecule is COc1ccc(C(C#N)Nc2ccc(C)cc2)cc1Cl. The zero-order valence-electron chi connectivity index (χ0n) is 11.4. The van der Waals surface area contributed by atoms with E-state index in [1.807, 2.05) is 37.3 Å². The highest BCUT2D eigenvalue weighted by atomic mass is 35.5. The summed E-state index contributed by atoms with van der Waals surface area (Å²) in [5.74, 6) is 0.599. The number of nitrogens with zero attached hydrogens (tertiary/aromatic N) is 1. The summed E-state index contributed by atoms with van der Waals surface area (Å²) in [6.07, 6.45) is 0. The highest BCUT2D eigenvalue weighted by Crippen LogP contribution is 2.28. The molecule has 3 nitrogen and oxygen atoms in total. The van der Waals surface area contributed by atoms with Gasteiger partial charge in [-0.25, -0.2) is 0 Å². The predicted molar refractivity (Wildman–Crippen MR) is 81.2 cm³/mol. The van der Waals surface area contributed by atoms with Crippen molar-refractivity contribution in [1.29, 1.82) is 5.26 Å². The smallest absolute Gasteiger partial charge is 0.140 e. The van der Waals surface area contributed by atoms with Crippen LogP contribution in [0.15, 0.2) is 42.5 Å². The van der Waals surface area contributed by atoms with Crippen LogP contribution in [0.4, 0.5) is 5.69 Å². The summed E-state index contributed by atoms with van der Waals surface area (Å²) in [4.78, 5) is 0. The molecule has 0 bridgehead atoms. The largest absolute Gasteiger partial charge is 0.495 e. The van der Waals surface area contributed by atoms with Gasteiger partial charge >= 0.3 is 0 Å². The molecule has 1 N–H and O–H groups in total. The van der Waals surface area contributed by atoms with Gasteiger partial charge in [-0.15, -0.1) is 0 Å². The van der Waals surface area contributed by atoms with Crippen LogP contribution >= 0.6 is 11.6 Å². The minimum Gasteiger partial charge on any atom is -0.495 e. The molecule has 2 aromatic carbocycles. The fourth-order valence-electron chi connectivity index (χ4n) is 1.87. The molecule has 0 fully saturated rings. The number of benzene rings is 2. The van der Waals surface area contributed by atoms with E-state index >= 15 is 0 Å². The fraction of sp³-hybridized carbons (Fsp3) is 0.188. The van der Waals surface area contributed by atoms with Gasteiger partial charge in [-0.1, -0.05) is 35.4 Å². The van der Waals surface area contributed by atoms with Crippen LogP contribution in [0, 0.1) is 18.3 Å². The Balaban J connectivity index is 2.22. The van der Waals surface area contributed by atoms with Gasteiger partial charge in [-0.2, -0.15) is 5.26 Å². The molecule has 0 spiro atoms. The Morgan fingerprint density at radius 2 is 1.90 bits per heavy atom. The lowest BCUT2D eigenvalue weighted by molar-refractivity contribution is 0.415. The van der Waals surface area contributed by atoms with Crippen molar-refractivity contribution in [2.24, 2.45) is 0 Å². The monoisotopic (exact) mass is 286 g/mol. The minimum absolute atomic E-state index is 0.457. The average Bonchev–Trinajstić information content (AvgIpc) is 2.46. The number of hydrogen-bond donors (Lipinski definition) is 1. The molecule has 102 valence electrons. The van der Waals surface area contributed by atoms with Crippen LogP contribution in [0.3, 0.4) is 0 Å². The van der Waals surface area contributed by atoms with E-state index in [9.17, 15) is 5.26 Å². The molecular weight excluding hydrogens is 272 g/mol. The molecule has 4 heteroatoms. The fourth-order valence-corrected chi connectivity index (χ4v) is 2.13. The minimum atomic E-state index is -0.457. The molecular formula is C16H15ClN2O. The zero-order chi connectivity index (χ0) is 14.5. The van der Waals surface area contributed by atoms with Crippen LogP contribution in [-0.2, 0) is 0 Å². The van der Waals surface area contributed by atoms with Crippen molar-refractivity contribution >= 4 is 17.3 Å². The van der Waals surface area contributed by atoms with E-state index in [2.05, 4.69) is 11.4 Å². The van der Waals surface area contributed by atoms with Crippen LogP contribution in [0.25, 0.3) is 0 Å². The first kappa shape index (κ1) is 14.2. The Kier molecular flexibility index (Phi) is 4.49. The van der Waals surface area contributed by atoms with Gasteiger partial charge < -0.3 is 10.1 Å². The third-order valence-electron chi connectivity index (χ3n) is 3.00. The maximum Gasteiger partial charge on any atom is 0.140 e. The number of ether oxygens (including phenoxy) is 1. The lowest BCUT2D eigenvalue weighted by Gasteiger charge is -2.14. The Labute approximate surface area is 123 Å². The Bertz CT molecular complexity index is 632. The summed E-state index contributed by atoms with van der Waals surface area (Å²) in [7, 11) is 1.56. The summed E-state index contributed by atoms with van der Waals surface area (Å²) < 4.78 is 5.11. The van der Waals surface area contributed by atoms with Crippen molar-refractivity contribution in [1.82, 2.24) is 0 Å². The van der Waals surface area contributed by atoms with Crippen molar-refractivity contribution in [2.45, 2.75) is 13.0 Å². The number of nitriles is 1. The van der Waals surface area contributed by atoms with Gasteiger partial charge in [-0.3, -0.25) is 0 Å². The second kappa shape index (κ2) is 6.31.